The zero-order valence-corrected chi connectivity index (χ0v) is 23.7. The van der Waals surface area contributed by atoms with Gasteiger partial charge in [-0.25, -0.2) is 8.42 Å². The number of methoxy groups -OCH3 is 1. The minimum atomic E-state index is -3.56. The predicted octanol–water partition coefficient (Wildman–Crippen LogP) is 4.13. The smallest absolute Gasteiger partial charge is 0.242 e. The first kappa shape index (κ1) is 30.2. The Morgan fingerprint density at radius 3 is 2.30 bits per heavy atom. The van der Waals surface area contributed by atoms with Crippen LogP contribution in [0.1, 0.15) is 51.2 Å². The van der Waals surface area contributed by atoms with Crippen molar-refractivity contribution < 1.29 is 22.7 Å². The van der Waals surface area contributed by atoms with Crippen LogP contribution < -0.4 is 14.4 Å². The Morgan fingerprint density at radius 1 is 1.08 bits per heavy atom. The molecule has 0 radical (unpaired) electrons. The van der Waals surface area contributed by atoms with Crippen LogP contribution in [0.3, 0.4) is 0 Å². The lowest BCUT2D eigenvalue weighted by Crippen LogP contribution is -2.49. The largest absolute Gasteiger partial charge is 0.497 e. The van der Waals surface area contributed by atoms with Gasteiger partial charge in [0, 0.05) is 26.1 Å². The van der Waals surface area contributed by atoms with Crippen LogP contribution in [-0.2, 0) is 26.2 Å². The van der Waals surface area contributed by atoms with Gasteiger partial charge in [0.15, 0.2) is 0 Å². The fourth-order valence-electron chi connectivity index (χ4n) is 4.10. The number of amides is 2. The van der Waals surface area contributed by atoms with Crippen LogP contribution in [0.4, 0.5) is 5.69 Å². The number of nitrogens with one attached hydrogen (secondary N) is 1. The topological polar surface area (TPSA) is 96.0 Å². The van der Waals surface area contributed by atoms with Gasteiger partial charge in [-0.2, -0.15) is 0 Å². The van der Waals surface area contributed by atoms with Crippen LogP contribution >= 0.6 is 0 Å². The highest BCUT2D eigenvalue weighted by Gasteiger charge is 2.29. The molecule has 1 atom stereocenters. The molecule has 0 bridgehead atoms. The molecule has 2 aromatic carbocycles. The molecule has 0 fully saturated rings. The van der Waals surface area contributed by atoms with E-state index < -0.39 is 16.1 Å². The van der Waals surface area contributed by atoms with Crippen molar-refractivity contribution in [3.63, 3.8) is 0 Å². The summed E-state index contributed by atoms with van der Waals surface area (Å²) in [5.41, 5.74) is 2.52. The third kappa shape index (κ3) is 9.39. The quantitative estimate of drug-likeness (QED) is 0.396. The minimum Gasteiger partial charge on any atom is -0.497 e. The number of benzene rings is 2. The van der Waals surface area contributed by atoms with E-state index in [1.165, 1.54) is 4.31 Å². The van der Waals surface area contributed by atoms with Crippen molar-refractivity contribution in [2.24, 2.45) is 5.92 Å². The van der Waals surface area contributed by atoms with Crippen molar-refractivity contribution >= 4 is 27.5 Å². The Labute approximate surface area is 222 Å². The molecular formula is C28H41N3O5S. The summed E-state index contributed by atoms with van der Waals surface area (Å²) in [6.45, 7) is 8.91. The lowest BCUT2D eigenvalue weighted by molar-refractivity contribution is -0.141. The number of sulfonamides is 1. The molecule has 0 spiro atoms. The lowest BCUT2D eigenvalue weighted by Gasteiger charge is -2.31. The normalized spacial score (nSPS) is 12.2. The molecule has 2 aromatic rings. The maximum absolute atomic E-state index is 13.5. The second-order valence-corrected chi connectivity index (χ2v) is 11.6. The summed E-state index contributed by atoms with van der Waals surface area (Å²) >= 11 is 0. The van der Waals surface area contributed by atoms with Crippen LogP contribution in [0, 0.1) is 12.8 Å². The fraction of sp³-hybridized carbons (Fsp3) is 0.500. The van der Waals surface area contributed by atoms with Crippen molar-refractivity contribution in [1.29, 1.82) is 0 Å². The van der Waals surface area contributed by atoms with E-state index in [0.29, 0.717) is 43.3 Å². The highest BCUT2D eigenvalue weighted by atomic mass is 32.2. The van der Waals surface area contributed by atoms with Crippen molar-refractivity contribution in [3.05, 3.63) is 59.7 Å². The van der Waals surface area contributed by atoms with Gasteiger partial charge in [-0.1, -0.05) is 50.6 Å². The Balaban J connectivity index is 2.20. The van der Waals surface area contributed by atoms with E-state index in [2.05, 4.69) is 5.32 Å². The standard InChI is InChI=1S/C28H41N3O5S/c1-7-26(28(33)29-19-21(2)3)30(20-23-11-8-10-22(4)18-23)27(32)12-9-17-31(37(6,34)35)24-13-15-25(36-5)16-14-24/h8,10-11,13-16,18,21,26H,7,9,12,17,19-20H2,1-6H3,(H,29,33). The summed E-state index contributed by atoms with van der Waals surface area (Å²) in [4.78, 5) is 28.1. The van der Waals surface area contributed by atoms with Crippen LogP contribution in [0.15, 0.2) is 48.5 Å². The molecule has 9 heteroatoms. The number of hydrogen-bond acceptors (Lipinski definition) is 5. The lowest BCUT2D eigenvalue weighted by atomic mass is 10.1. The molecule has 0 saturated carbocycles. The summed E-state index contributed by atoms with van der Waals surface area (Å²) in [6, 6.07) is 14.0. The van der Waals surface area contributed by atoms with Crippen molar-refractivity contribution in [2.45, 2.75) is 59.5 Å². The average Bonchev–Trinajstić information content (AvgIpc) is 2.84. The van der Waals surface area contributed by atoms with Gasteiger partial charge in [0.1, 0.15) is 11.8 Å². The molecule has 0 aliphatic rings. The van der Waals surface area contributed by atoms with Gasteiger partial charge < -0.3 is 15.0 Å². The molecule has 8 nitrogen and oxygen atoms in total. The number of carbonyl (C=O) groups excluding carboxylic acids is 2. The van der Waals surface area contributed by atoms with E-state index in [9.17, 15) is 18.0 Å². The third-order valence-corrected chi connectivity index (χ3v) is 7.21. The zero-order chi connectivity index (χ0) is 27.6. The molecule has 0 aromatic heterocycles. The summed E-state index contributed by atoms with van der Waals surface area (Å²) in [5, 5.41) is 2.96. The van der Waals surface area contributed by atoms with Crippen molar-refractivity contribution in [3.8, 4) is 5.75 Å². The summed E-state index contributed by atoms with van der Waals surface area (Å²) < 4.78 is 31.4. The maximum Gasteiger partial charge on any atom is 0.242 e. The fourth-order valence-corrected chi connectivity index (χ4v) is 5.07. The van der Waals surface area contributed by atoms with E-state index >= 15 is 0 Å². The second kappa shape index (κ2) is 14.0. The second-order valence-electron chi connectivity index (χ2n) is 9.71. The number of ether oxygens (including phenoxy) is 1. The predicted molar refractivity (Wildman–Crippen MR) is 148 cm³/mol. The molecule has 0 saturated heterocycles. The SMILES string of the molecule is CCC(C(=O)NCC(C)C)N(Cc1cccc(C)c1)C(=O)CCCN(c1ccc(OC)cc1)S(C)(=O)=O. The van der Waals surface area contributed by atoms with E-state index in [-0.39, 0.29) is 24.8 Å². The molecule has 2 amide bonds. The first-order chi connectivity index (χ1) is 17.5. The molecule has 2 rings (SSSR count). The summed E-state index contributed by atoms with van der Waals surface area (Å²) in [6.07, 6.45) is 2.05. The van der Waals surface area contributed by atoms with E-state index in [4.69, 9.17) is 4.74 Å². The van der Waals surface area contributed by atoms with E-state index in [1.54, 1.807) is 36.3 Å². The molecule has 0 aliphatic carbocycles. The molecule has 204 valence electrons. The minimum absolute atomic E-state index is 0.113. The van der Waals surface area contributed by atoms with Gasteiger partial charge in [-0.15, -0.1) is 0 Å². The highest BCUT2D eigenvalue weighted by molar-refractivity contribution is 7.92. The molecular weight excluding hydrogens is 490 g/mol. The van der Waals surface area contributed by atoms with E-state index in [1.807, 2.05) is 52.0 Å². The highest BCUT2D eigenvalue weighted by Crippen LogP contribution is 2.22. The van der Waals surface area contributed by atoms with Crippen molar-refractivity contribution in [2.75, 3.05) is 30.8 Å². The summed E-state index contributed by atoms with van der Waals surface area (Å²) in [5.74, 6) is 0.562. The zero-order valence-electron chi connectivity index (χ0n) is 22.9. The number of rotatable bonds is 14. The Bertz CT molecular complexity index is 1130. The first-order valence-electron chi connectivity index (χ1n) is 12.7. The third-order valence-electron chi connectivity index (χ3n) is 6.02. The maximum atomic E-state index is 13.5. The van der Waals surface area contributed by atoms with Gasteiger partial charge in [-0.3, -0.25) is 13.9 Å². The Hall–Kier alpha value is -3.07. The Morgan fingerprint density at radius 2 is 1.76 bits per heavy atom. The van der Waals surface area contributed by atoms with Gasteiger partial charge in [0.25, 0.3) is 0 Å². The summed E-state index contributed by atoms with van der Waals surface area (Å²) in [7, 11) is -2.01. The van der Waals surface area contributed by atoms with Gasteiger partial charge in [0.05, 0.1) is 19.1 Å². The van der Waals surface area contributed by atoms with Crippen molar-refractivity contribution in [1.82, 2.24) is 10.2 Å². The Kier molecular flexibility index (Phi) is 11.4. The molecule has 0 aliphatic heterocycles. The number of anilines is 1. The van der Waals surface area contributed by atoms with Gasteiger partial charge in [0.2, 0.25) is 21.8 Å². The van der Waals surface area contributed by atoms with Crippen LogP contribution in [-0.4, -0.2) is 57.6 Å². The van der Waals surface area contributed by atoms with Gasteiger partial charge in [-0.05, 0) is 55.5 Å². The number of hydrogen-bond donors (Lipinski definition) is 1. The number of aryl methyl sites for hydroxylation is 1. The van der Waals surface area contributed by atoms with Crippen LogP contribution in [0.5, 0.6) is 5.75 Å². The first-order valence-corrected chi connectivity index (χ1v) is 14.6. The number of nitrogens with zero attached hydrogens (tertiary/aromatic N) is 2. The van der Waals surface area contributed by atoms with Gasteiger partial charge >= 0.3 is 0 Å². The molecule has 1 N–H and O–H groups in total. The molecule has 0 heterocycles. The van der Waals surface area contributed by atoms with Crippen LogP contribution in [0.25, 0.3) is 0 Å². The monoisotopic (exact) mass is 531 g/mol. The molecule has 1 unspecified atom stereocenters. The average molecular weight is 532 g/mol. The van der Waals surface area contributed by atoms with Crippen LogP contribution in [0.2, 0.25) is 0 Å². The number of carbonyl (C=O) groups is 2. The van der Waals surface area contributed by atoms with E-state index in [0.717, 1.165) is 17.4 Å². The molecule has 37 heavy (non-hydrogen) atoms.